The molecule has 3 amide bonds. The largest absolute Gasteiger partial charge is 0.459 e. The molecular formula is C29H33ClN2O6. The van der Waals surface area contributed by atoms with Crippen LogP contribution in [0.3, 0.4) is 0 Å². The average molecular weight is 541 g/mol. The molecule has 0 aliphatic carbocycles. The highest BCUT2D eigenvalue weighted by Crippen LogP contribution is 2.38. The topological polar surface area (TPSA) is 105 Å². The minimum absolute atomic E-state index is 0.0229. The number of aliphatic hydroxyl groups is 1. The Hall–Kier alpha value is -3.20. The van der Waals surface area contributed by atoms with E-state index < -0.39 is 24.0 Å². The molecule has 0 fully saturated rings. The molecule has 0 aromatic heterocycles. The van der Waals surface area contributed by atoms with Crippen LogP contribution in [0.15, 0.2) is 48.2 Å². The van der Waals surface area contributed by atoms with Gasteiger partial charge in [0.05, 0.1) is 16.8 Å². The summed E-state index contributed by atoms with van der Waals surface area (Å²) in [6, 6.07) is 9.61. The third-order valence-electron chi connectivity index (χ3n) is 7.00. The summed E-state index contributed by atoms with van der Waals surface area (Å²) in [7, 11) is 0. The smallest absolute Gasteiger partial charge is 0.290 e. The Bertz CT molecular complexity index is 1270. The first-order valence-electron chi connectivity index (χ1n) is 12.9. The molecule has 0 saturated heterocycles. The van der Waals surface area contributed by atoms with E-state index in [0.717, 1.165) is 11.3 Å². The Balaban J connectivity index is 1.54. The number of ether oxygens (including phenoxy) is 2. The van der Waals surface area contributed by atoms with Gasteiger partial charge in [0.15, 0.2) is 5.76 Å². The molecule has 202 valence electrons. The van der Waals surface area contributed by atoms with E-state index in [1.807, 2.05) is 13.0 Å². The number of carbonyl (C=O) groups excluding carboxylic acids is 3. The van der Waals surface area contributed by atoms with E-state index in [0.29, 0.717) is 40.6 Å². The predicted octanol–water partition coefficient (Wildman–Crippen LogP) is 5.33. The Morgan fingerprint density at radius 2 is 1.89 bits per heavy atom. The fourth-order valence-corrected chi connectivity index (χ4v) is 5.31. The van der Waals surface area contributed by atoms with Gasteiger partial charge in [-0.05, 0) is 86.6 Å². The number of allylic oxidation sites excluding steroid dienone is 1. The molecule has 0 unspecified atom stereocenters. The van der Waals surface area contributed by atoms with E-state index in [4.69, 9.17) is 21.1 Å². The van der Waals surface area contributed by atoms with Crippen molar-refractivity contribution in [2.45, 2.75) is 46.8 Å². The molecule has 2 N–H and O–H groups in total. The van der Waals surface area contributed by atoms with Gasteiger partial charge in [-0.1, -0.05) is 25.4 Å². The molecule has 2 aromatic rings. The van der Waals surface area contributed by atoms with Gasteiger partial charge in [0.1, 0.15) is 0 Å². The van der Waals surface area contributed by atoms with Crippen LogP contribution in [0.5, 0.6) is 0 Å². The normalized spacial score (nSPS) is 20.9. The van der Waals surface area contributed by atoms with Gasteiger partial charge in [0.2, 0.25) is 6.29 Å². The van der Waals surface area contributed by atoms with Crippen LogP contribution in [0.25, 0.3) is 0 Å². The maximum absolute atomic E-state index is 13.2. The number of imide groups is 1. The van der Waals surface area contributed by atoms with Crippen LogP contribution in [0.2, 0.25) is 5.02 Å². The number of anilines is 2. The van der Waals surface area contributed by atoms with Gasteiger partial charge in [0, 0.05) is 29.8 Å². The Morgan fingerprint density at radius 3 is 2.55 bits per heavy atom. The number of nitrogens with zero attached hydrogens (tertiary/aromatic N) is 1. The summed E-state index contributed by atoms with van der Waals surface area (Å²) in [4.78, 5) is 40.3. The van der Waals surface area contributed by atoms with Crippen molar-refractivity contribution in [3.05, 3.63) is 69.9 Å². The average Bonchev–Trinajstić information content (AvgIpc) is 3.12. The lowest BCUT2D eigenvalue weighted by atomic mass is 9.78. The zero-order valence-corrected chi connectivity index (χ0v) is 22.7. The molecular weight excluding hydrogens is 508 g/mol. The lowest BCUT2D eigenvalue weighted by molar-refractivity contribution is -0.173. The summed E-state index contributed by atoms with van der Waals surface area (Å²) in [5, 5.41) is 12.6. The molecule has 2 aliphatic rings. The number of hydrogen-bond acceptors (Lipinski definition) is 6. The summed E-state index contributed by atoms with van der Waals surface area (Å²) in [6.07, 6.45) is 2.61. The number of amides is 3. The van der Waals surface area contributed by atoms with Crippen molar-refractivity contribution in [1.82, 2.24) is 0 Å². The fourth-order valence-electron chi connectivity index (χ4n) is 5.13. The van der Waals surface area contributed by atoms with Crippen molar-refractivity contribution < 1.29 is 29.0 Å². The molecule has 0 saturated carbocycles. The Labute approximate surface area is 227 Å². The first kappa shape index (κ1) is 27.8. The highest BCUT2D eigenvalue weighted by atomic mass is 35.5. The first-order valence-corrected chi connectivity index (χ1v) is 13.2. The molecule has 4 rings (SSSR count). The molecule has 8 nitrogen and oxygen atoms in total. The summed E-state index contributed by atoms with van der Waals surface area (Å²) < 4.78 is 11.8. The van der Waals surface area contributed by atoms with Crippen LogP contribution in [0.4, 0.5) is 11.4 Å². The van der Waals surface area contributed by atoms with Crippen molar-refractivity contribution >= 4 is 40.7 Å². The zero-order valence-electron chi connectivity index (χ0n) is 22.0. The number of aryl methyl sites for hydroxylation is 1. The number of carbonyl (C=O) groups is 3. The van der Waals surface area contributed by atoms with Gasteiger partial charge in [-0.15, -0.1) is 0 Å². The molecule has 2 aromatic carbocycles. The van der Waals surface area contributed by atoms with Crippen molar-refractivity contribution in [3.63, 3.8) is 0 Å². The van der Waals surface area contributed by atoms with Crippen LogP contribution in [0.1, 0.15) is 59.9 Å². The highest BCUT2D eigenvalue weighted by molar-refractivity contribution is 6.37. The lowest BCUT2D eigenvalue weighted by Crippen LogP contribution is -2.40. The summed E-state index contributed by atoms with van der Waals surface area (Å²) in [6.45, 7) is 8.34. The molecule has 2 heterocycles. The number of hydrogen-bond donors (Lipinski definition) is 2. The summed E-state index contributed by atoms with van der Waals surface area (Å²) in [5.74, 6) is -0.784. The zero-order chi connectivity index (χ0) is 27.6. The highest BCUT2D eigenvalue weighted by Gasteiger charge is 2.39. The standard InChI is InChI=1S/C29H33ClN2O6/c1-5-37-29-21(7-6-12-33)22(16(2)3)15-25(38-29)26(34)31-19-9-11-24(17(4)13-19)32-27(35)20-10-8-18(30)14-23(20)28(32)36/h8-11,13-16,21-22,29,33H,5-7,12H2,1-4H3,(H,31,34)/t21-,22+,29+/m0/s1. The number of aliphatic hydroxyl groups excluding tert-OH is 1. The van der Waals surface area contributed by atoms with Gasteiger partial charge in [0.25, 0.3) is 17.7 Å². The molecule has 0 radical (unpaired) electrons. The van der Waals surface area contributed by atoms with Crippen LogP contribution in [0, 0.1) is 24.7 Å². The van der Waals surface area contributed by atoms with E-state index in [9.17, 15) is 19.5 Å². The second-order valence-corrected chi connectivity index (χ2v) is 10.4. The Kier molecular flexibility index (Phi) is 8.55. The Morgan fingerprint density at radius 1 is 1.16 bits per heavy atom. The number of rotatable bonds is 9. The van der Waals surface area contributed by atoms with Crippen molar-refractivity contribution in [2.24, 2.45) is 17.8 Å². The number of benzene rings is 2. The number of nitrogens with one attached hydrogen (secondary N) is 1. The van der Waals surface area contributed by atoms with Gasteiger partial charge in [-0.25, -0.2) is 4.90 Å². The molecule has 0 spiro atoms. The van der Waals surface area contributed by atoms with E-state index in [-0.39, 0.29) is 35.7 Å². The molecule has 9 heteroatoms. The van der Waals surface area contributed by atoms with E-state index >= 15 is 0 Å². The van der Waals surface area contributed by atoms with E-state index in [1.165, 1.54) is 6.07 Å². The SMILES string of the molecule is CCO[C@@H]1OC(C(=O)Nc2ccc(N3C(=O)c4ccc(Cl)cc4C3=O)c(C)c2)=C[C@H](C(C)C)[C@@H]1CCCO. The van der Waals surface area contributed by atoms with Gasteiger partial charge in [-0.2, -0.15) is 0 Å². The van der Waals surface area contributed by atoms with Crippen LogP contribution in [-0.2, 0) is 14.3 Å². The van der Waals surface area contributed by atoms with Crippen LogP contribution < -0.4 is 10.2 Å². The molecule has 0 bridgehead atoms. The maximum atomic E-state index is 13.2. The van der Waals surface area contributed by atoms with Gasteiger partial charge < -0.3 is 19.9 Å². The minimum atomic E-state index is -0.587. The second kappa shape index (κ2) is 11.7. The summed E-state index contributed by atoms with van der Waals surface area (Å²) >= 11 is 6.02. The number of halogens is 1. The predicted molar refractivity (Wildman–Crippen MR) is 145 cm³/mol. The molecule has 2 aliphatic heterocycles. The van der Waals surface area contributed by atoms with Crippen molar-refractivity contribution in [3.8, 4) is 0 Å². The third-order valence-corrected chi connectivity index (χ3v) is 7.23. The quantitative estimate of drug-likeness (QED) is 0.417. The van der Waals surface area contributed by atoms with E-state index in [1.54, 1.807) is 37.3 Å². The third kappa shape index (κ3) is 5.48. The van der Waals surface area contributed by atoms with E-state index in [2.05, 4.69) is 19.2 Å². The fraction of sp³-hybridized carbons (Fsp3) is 0.414. The van der Waals surface area contributed by atoms with Gasteiger partial charge >= 0.3 is 0 Å². The molecule has 3 atom stereocenters. The molecule has 38 heavy (non-hydrogen) atoms. The summed E-state index contributed by atoms with van der Waals surface area (Å²) in [5.41, 5.74) is 2.14. The number of fused-ring (bicyclic) bond motifs is 1. The maximum Gasteiger partial charge on any atom is 0.290 e. The van der Waals surface area contributed by atoms with Gasteiger partial charge in [-0.3, -0.25) is 14.4 Å². The van der Waals surface area contributed by atoms with Crippen LogP contribution >= 0.6 is 11.6 Å². The lowest BCUT2D eigenvalue weighted by Gasteiger charge is -2.38. The van der Waals surface area contributed by atoms with Crippen LogP contribution in [-0.4, -0.2) is 42.3 Å². The second-order valence-electron chi connectivity index (χ2n) is 9.91. The first-order chi connectivity index (χ1) is 18.2. The monoisotopic (exact) mass is 540 g/mol. The van der Waals surface area contributed by atoms with Crippen molar-refractivity contribution in [2.75, 3.05) is 23.4 Å². The minimum Gasteiger partial charge on any atom is -0.459 e. The van der Waals surface area contributed by atoms with Crippen molar-refractivity contribution in [1.29, 1.82) is 0 Å².